The lowest BCUT2D eigenvalue weighted by molar-refractivity contribution is -0.314. The Morgan fingerprint density at radius 2 is 1.96 bits per heavy atom. The Bertz CT molecular complexity index is 573. The minimum absolute atomic E-state index is 0.183. The molecule has 2 saturated heterocycles. The van der Waals surface area contributed by atoms with E-state index in [4.69, 9.17) is 23.7 Å². The van der Waals surface area contributed by atoms with Gasteiger partial charge in [-0.2, -0.15) is 0 Å². The van der Waals surface area contributed by atoms with E-state index in [1.54, 1.807) is 0 Å². The van der Waals surface area contributed by atoms with Crippen LogP contribution in [0.4, 0.5) is 0 Å². The van der Waals surface area contributed by atoms with Crippen LogP contribution < -0.4 is 0 Å². The number of ether oxygens (including phenoxy) is 5. The van der Waals surface area contributed by atoms with Crippen LogP contribution in [0, 0.1) is 0 Å². The van der Waals surface area contributed by atoms with E-state index in [9.17, 15) is 9.59 Å². The highest BCUT2D eigenvalue weighted by Crippen LogP contribution is 2.33. The molecule has 1 aromatic rings. The van der Waals surface area contributed by atoms with Crippen LogP contribution >= 0.6 is 0 Å². The van der Waals surface area contributed by atoms with Crippen molar-refractivity contribution in [2.45, 2.75) is 37.8 Å². The zero-order valence-corrected chi connectivity index (χ0v) is 12.8. The Labute approximate surface area is 133 Å². The van der Waals surface area contributed by atoms with E-state index in [0.717, 1.165) is 5.56 Å². The topological polar surface area (TPSA) is 80.3 Å². The highest BCUT2D eigenvalue weighted by molar-refractivity contribution is 5.90. The summed E-state index contributed by atoms with van der Waals surface area (Å²) in [5.41, 5.74) is 0.802. The second-order valence-corrected chi connectivity index (χ2v) is 5.34. The van der Waals surface area contributed by atoms with E-state index in [0.29, 0.717) is 0 Å². The molecule has 0 radical (unpaired) electrons. The lowest BCUT2D eigenvalue weighted by Crippen LogP contribution is -2.60. The minimum Gasteiger partial charge on any atom is -0.449 e. The van der Waals surface area contributed by atoms with Crippen LogP contribution in [0.2, 0.25) is 0 Å². The predicted octanol–water partition coefficient (Wildman–Crippen LogP) is 0.973. The van der Waals surface area contributed by atoms with Gasteiger partial charge in [0.15, 0.2) is 12.4 Å². The van der Waals surface area contributed by atoms with Gasteiger partial charge < -0.3 is 23.7 Å². The standard InChI is InChI=1S/C16H18O7/c1-9(17)21-14-12(18)13-11(22-16(14)19-2)8-20-15(23-13)10-6-4-3-5-7-10/h3-7,11,13-16H,8H2,1-2H3/t11-,13-,14-,15+,16-/m0/s1. The van der Waals surface area contributed by atoms with Gasteiger partial charge in [-0.15, -0.1) is 0 Å². The van der Waals surface area contributed by atoms with Crippen LogP contribution in [0.1, 0.15) is 18.8 Å². The molecule has 0 N–H and O–H groups in total. The van der Waals surface area contributed by atoms with Crippen LogP contribution in [0.25, 0.3) is 0 Å². The highest BCUT2D eigenvalue weighted by Gasteiger charge is 2.51. The fraction of sp³-hybridized carbons (Fsp3) is 0.500. The normalized spacial score (nSPS) is 33.8. The van der Waals surface area contributed by atoms with E-state index in [2.05, 4.69) is 0 Å². The molecule has 0 spiro atoms. The number of carbonyl (C=O) groups excluding carboxylic acids is 2. The average Bonchev–Trinajstić information content (AvgIpc) is 2.57. The molecule has 2 aliphatic heterocycles. The monoisotopic (exact) mass is 322 g/mol. The van der Waals surface area contributed by atoms with Crippen molar-refractivity contribution >= 4 is 11.8 Å². The van der Waals surface area contributed by atoms with Crippen LogP contribution in [0.5, 0.6) is 0 Å². The Balaban J connectivity index is 1.77. The Morgan fingerprint density at radius 3 is 2.61 bits per heavy atom. The summed E-state index contributed by atoms with van der Waals surface area (Å²) in [7, 11) is 1.38. The predicted molar refractivity (Wildman–Crippen MR) is 76.2 cm³/mol. The SMILES string of the molecule is CO[C@H]1O[C@H]2CO[C@@H](c3ccccc3)O[C@@H]2C(=O)[C@@H]1OC(C)=O. The van der Waals surface area contributed by atoms with Crippen LogP contribution in [0.3, 0.4) is 0 Å². The first-order valence-electron chi connectivity index (χ1n) is 7.31. The first kappa shape index (κ1) is 16.1. The Morgan fingerprint density at radius 1 is 1.22 bits per heavy atom. The number of benzene rings is 1. The summed E-state index contributed by atoms with van der Waals surface area (Å²) in [6, 6.07) is 9.29. The molecule has 0 unspecified atom stereocenters. The molecule has 2 heterocycles. The Hall–Kier alpha value is -1.80. The third-order valence-electron chi connectivity index (χ3n) is 3.73. The van der Waals surface area contributed by atoms with Gasteiger partial charge in [0.2, 0.25) is 18.2 Å². The molecule has 0 aromatic heterocycles. The molecule has 7 nitrogen and oxygen atoms in total. The first-order valence-corrected chi connectivity index (χ1v) is 7.31. The van der Waals surface area contributed by atoms with Gasteiger partial charge >= 0.3 is 5.97 Å². The van der Waals surface area contributed by atoms with Gasteiger partial charge in [0.25, 0.3) is 0 Å². The van der Waals surface area contributed by atoms with Gasteiger partial charge in [-0.1, -0.05) is 30.3 Å². The summed E-state index contributed by atoms with van der Waals surface area (Å²) in [5.74, 6) is -0.966. The smallest absolute Gasteiger partial charge is 0.303 e. The molecule has 1 aromatic carbocycles. The van der Waals surface area contributed by atoms with Crippen molar-refractivity contribution in [3.05, 3.63) is 35.9 Å². The number of carbonyl (C=O) groups is 2. The van der Waals surface area contributed by atoms with Gasteiger partial charge in [-0.25, -0.2) is 0 Å². The molecule has 0 aliphatic carbocycles. The summed E-state index contributed by atoms with van der Waals surface area (Å²) in [5, 5.41) is 0. The van der Waals surface area contributed by atoms with Gasteiger partial charge in [0.05, 0.1) is 6.61 Å². The lowest BCUT2D eigenvalue weighted by atomic mass is 9.99. The van der Waals surface area contributed by atoms with Crippen LogP contribution in [-0.2, 0) is 33.3 Å². The third-order valence-corrected chi connectivity index (χ3v) is 3.73. The third kappa shape index (κ3) is 3.28. The summed E-state index contributed by atoms with van der Waals surface area (Å²) >= 11 is 0. The van der Waals surface area contributed by atoms with Crippen molar-refractivity contribution in [3.8, 4) is 0 Å². The van der Waals surface area contributed by atoms with Crippen molar-refractivity contribution in [1.82, 2.24) is 0 Å². The molecule has 0 bridgehead atoms. The quantitative estimate of drug-likeness (QED) is 0.767. The second-order valence-electron chi connectivity index (χ2n) is 5.34. The number of hydrogen-bond acceptors (Lipinski definition) is 7. The Kier molecular flexibility index (Phi) is 4.72. The van der Waals surface area contributed by atoms with E-state index >= 15 is 0 Å². The minimum atomic E-state index is -1.15. The molecular weight excluding hydrogens is 304 g/mol. The van der Waals surface area contributed by atoms with E-state index in [-0.39, 0.29) is 12.4 Å². The molecule has 2 fully saturated rings. The van der Waals surface area contributed by atoms with Gasteiger partial charge in [-0.3, -0.25) is 9.59 Å². The van der Waals surface area contributed by atoms with Gasteiger partial charge in [-0.05, 0) is 0 Å². The largest absolute Gasteiger partial charge is 0.449 e. The van der Waals surface area contributed by atoms with Crippen molar-refractivity contribution < 1.29 is 33.3 Å². The van der Waals surface area contributed by atoms with Crippen molar-refractivity contribution in [2.24, 2.45) is 0 Å². The molecular formula is C16H18O7. The maximum Gasteiger partial charge on any atom is 0.303 e. The number of esters is 1. The van der Waals surface area contributed by atoms with Crippen molar-refractivity contribution in [2.75, 3.05) is 13.7 Å². The number of methoxy groups -OCH3 is 1. The molecule has 0 saturated carbocycles. The fourth-order valence-corrected chi connectivity index (χ4v) is 2.69. The zero-order valence-electron chi connectivity index (χ0n) is 12.8. The highest BCUT2D eigenvalue weighted by atomic mass is 16.8. The second kappa shape index (κ2) is 6.76. The van der Waals surface area contributed by atoms with Crippen molar-refractivity contribution in [3.63, 3.8) is 0 Å². The molecule has 124 valence electrons. The number of Topliss-reactive ketones (excluding diaryl/α,β-unsaturated/α-hetero) is 1. The zero-order chi connectivity index (χ0) is 16.4. The molecule has 5 atom stereocenters. The average molecular weight is 322 g/mol. The van der Waals surface area contributed by atoms with E-state index in [1.807, 2.05) is 30.3 Å². The van der Waals surface area contributed by atoms with Crippen LogP contribution in [0.15, 0.2) is 30.3 Å². The summed E-state index contributed by atoms with van der Waals surface area (Å²) in [6.07, 6.45) is -4.24. The van der Waals surface area contributed by atoms with E-state index < -0.39 is 36.9 Å². The number of fused-ring (bicyclic) bond motifs is 1. The summed E-state index contributed by atoms with van der Waals surface area (Å²) in [4.78, 5) is 23.8. The fourth-order valence-electron chi connectivity index (χ4n) is 2.69. The molecule has 3 rings (SSSR count). The van der Waals surface area contributed by atoms with Gasteiger partial charge in [0.1, 0.15) is 6.10 Å². The number of ketones is 1. The van der Waals surface area contributed by atoms with Crippen LogP contribution in [-0.4, -0.2) is 50.1 Å². The maximum absolute atomic E-state index is 12.6. The molecule has 7 heteroatoms. The lowest BCUT2D eigenvalue weighted by Gasteiger charge is -2.42. The first-order chi connectivity index (χ1) is 11.1. The maximum atomic E-state index is 12.6. The summed E-state index contributed by atoms with van der Waals surface area (Å²) < 4.78 is 27.2. The number of rotatable bonds is 3. The number of hydrogen-bond donors (Lipinski definition) is 0. The summed E-state index contributed by atoms with van der Waals surface area (Å²) in [6.45, 7) is 1.41. The van der Waals surface area contributed by atoms with Gasteiger partial charge in [0, 0.05) is 19.6 Å². The van der Waals surface area contributed by atoms with E-state index in [1.165, 1.54) is 14.0 Å². The molecule has 2 aliphatic rings. The molecule has 0 amide bonds. The van der Waals surface area contributed by atoms with Crippen molar-refractivity contribution in [1.29, 1.82) is 0 Å². The molecule has 23 heavy (non-hydrogen) atoms.